The molecule has 0 bridgehead atoms. The van der Waals surface area contributed by atoms with Crippen LogP contribution >= 0.6 is 0 Å². The zero-order chi connectivity index (χ0) is 15.9. The van der Waals surface area contributed by atoms with E-state index in [4.69, 9.17) is 10.2 Å². The van der Waals surface area contributed by atoms with E-state index >= 15 is 0 Å². The van der Waals surface area contributed by atoms with Gasteiger partial charge >= 0.3 is 0 Å². The number of hydrogen-bond acceptors (Lipinski definition) is 3. The predicted octanol–water partition coefficient (Wildman–Crippen LogP) is 4.94. The molecule has 2 N–H and O–H groups in total. The molecule has 1 heterocycles. The van der Waals surface area contributed by atoms with E-state index in [1.807, 2.05) is 12.1 Å². The Labute approximate surface area is 131 Å². The number of benzene rings is 2. The van der Waals surface area contributed by atoms with Gasteiger partial charge in [-0.25, -0.2) is 4.98 Å². The molecule has 3 nitrogen and oxygen atoms in total. The number of nitrogen functional groups attached to an aromatic ring is 1. The minimum Gasteiger partial charge on any atom is -0.436 e. The summed E-state index contributed by atoms with van der Waals surface area (Å²) in [6.45, 7) is 8.71. The SMILES string of the molecule is CCc1cc(N)cc2nc(-c3ccc(C(C)(C)C)cc3)oc12. The van der Waals surface area contributed by atoms with Gasteiger partial charge in [0, 0.05) is 11.3 Å². The first-order valence-corrected chi connectivity index (χ1v) is 7.68. The number of nitrogens with two attached hydrogens (primary N) is 1. The van der Waals surface area contributed by atoms with Crippen molar-refractivity contribution in [2.24, 2.45) is 0 Å². The summed E-state index contributed by atoms with van der Waals surface area (Å²) in [4.78, 5) is 4.60. The van der Waals surface area contributed by atoms with E-state index in [1.54, 1.807) is 0 Å². The Morgan fingerprint density at radius 3 is 2.36 bits per heavy atom. The number of aromatic nitrogens is 1. The first-order valence-electron chi connectivity index (χ1n) is 7.68. The molecule has 0 atom stereocenters. The Morgan fingerprint density at radius 2 is 1.77 bits per heavy atom. The van der Waals surface area contributed by atoms with Crippen molar-refractivity contribution >= 4 is 16.8 Å². The van der Waals surface area contributed by atoms with E-state index in [1.165, 1.54) is 5.56 Å². The molecule has 0 saturated heterocycles. The summed E-state index contributed by atoms with van der Waals surface area (Å²) in [5.74, 6) is 0.649. The molecule has 114 valence electrons. The van der Waals surface area contributed by atoms with Gasteiger partial charge in [0.1, 0.15) is 5.52 Å². The van der Waals surface area contributed by atoms with Gasteiger partial charge in [-0.3, -0.25) is 0 Å². The first kappa shape index (κ1) is 14.6. The normalized spacial score (nSPS) is 12.0. The van der Waals surface area contributed by atoms with Crippen molar-refractivity contribution in [3.05, 3.63) is 47.5 Å². The first-order chi connectivity index (χ1) is 10.4. The third-order valence-corrected chi connectivity index (χ3v) is 3.97. The van der Waals surface area contributed by atoms with Gasteiger partial charge < -0.3 is 10.2 Å². The van der Waals surface area contributed by atoms with Gasteiger partial charge in [0.25, 0.3) is 0 Å². The molecule has 0 amide bonds. The fourth-order valence-corrected chi connectivity index (χ4v) is 2.62. The van der Waals surface area contributed by atoms with Gasteiger partial charge in [0.05, 0.1) is 0 Å². The van der Waals surface area contributed by atoms with Gasteiger partial charge in [0.15, 0.2) is 5.58 Å². The number of nitrogens with zero attached hydrogens (tertiary/aromatic N) is 1. The molecule has 3 aromatic rings. The van der Waals surface area contributed by atoms with Crippen molar-refractivity contribution in [2.45, 2.75) is 39.5 Å². The summed E-state index contributed by atoms with van der Waals surface area (Å²) in [5, 5.41) is 0. The molecule has 3 heteroatoms. The van der Waals surface area contributed by atoms with E-state index in [2.05, 4.69) is 56.9 Å². The fourth-order valence-electron chi connectivity index (χ4n) is 2.62. The maximum absolute atomic E-state index is 5.99. The highest BCUT2D eigenvalue weighted by Crippen LogP contribution is 2.30. The minimum atomic E-state index is 0.143. The van der Waals surface area contributed by atoms with Crippen molar-refractivity contribution in [1.82, 2.24) is 4.98 Å². The van der Waals surface area contributed by atoms with Crippen LogP contribution in [0, 0.1) is 0 Å². The van der Waals surface area contributed by atoms with E-state index in [0.717, 1.165) is 34.3 Å². The van der Waals surface area contributed by atoms with Crippen LogP contribution in [0.2, 0.25) is 0 Å². The smallest absolute Gasteiger partial charge is 0.227 e. The minimum absolute atomic E-state index is 0.143. The zero-order valence-corrected chi connectivity index (χ0v) is 13.6. The molecule has 22 heavy (non-hydrogen) atoms. The Bertz CT molecular complexity index is 808. The lowest BCUT2D eigenvalue weighted by atomic mass is 9.87. The van der Waals surface area contributed by atoms with Crippen molar-refractivity contribution in [3.63, 3.8) is 0 Å². The van der Waals surface area contributed by atoms with Crippen LogP contribution in [0.3, 0.4) is 0 Å². The molecule has 0 radical (unpaired) electrons. The summed E-state index contributed by atoms with van der Waals surface area (Å²) >= 11 is 0. The second kappa shape index (κ2) is 5.16. The largest absolute Gasteiger partial charge is 0.436 e. The Hall–Kier alpha value is -2.29. The highest BCUT2D eigenvalue weighted by Gasteiger charge is 2.15. The molecule has 2 aromatic carbocycles. The molecule has 0 saturated carbocycles. The number of rotatable bonds is 2. The topological polar surface area (TPSA) is 52.0 Å². The molecule has 0 aliphatic heterocycles. The summed E-state index contributed by atoms with van der Waals surface area (Å²) in [7, 11) is 0. The molecule has 3 rings (SSSR count). The Morgan fingerprint density at radius 1 is 1.09 bits per heavy atom. The average molecular weight is 294 g/mol. The second-order valence-electron chi connectivity index (χ2n) is 6.73. The molecule has 0 unspecified atom stereocenters. The molecular formula is C19H22N2O. The zero-order valence-electron chi connectivity index (χ0n) is 13.6. The number of hydrogen-bond donors (Lipinski definition) is 1. The molecule has 0 fully saturated rings. The Balaban J connectivity index is 2.07. The summed E-state index contributed by atoms with van der Waals surface area (Å²) in [5.41, 5.74) is 11.9. The maximum atomic E-state index is 5.99. The lowest BCUT2D eigenvalue weighted by Gasteiger charge is -2.18. The quantitative estimate of drug-likeness (QED) is 0.681. The summed E-state index contributed by atoms with van der Waals surface area (Å²) in [6.07, 6.45) is 0.874. The lowest BCUT2D eigenvalue weighted by Crippen LogP contribution is -2.10. The second-order valence-corrected chi connectivity index (χ2v) is 6.73. The van der Waals surface area contributed by atoms with Crippen LogP contribution in [0.4, 0.5) is 5.69 Å². The van der Waals surface area contributed by atoms with Crippen molar-refractivity contribution in [1.29, 1.82) is 0 Å². The fraction of sp³-hybridized carbons (Fsp3) is 0.316. The van der Waals surface area contributed by atoms with Crippen LogP contribution < -0.4 is 5.73 Å². The number of oxazole rings is 1. The van der Waals surface area contributed by atoms with E-state index in [0.29, 0.717) is 5.89 Å². The molecule has 1 aromatic heterocycles. The van der Waals surface area contributed by atoms with Gasteiger partial charge in [-0.15, -0.1) is 0 Å². The molecule has 0 aliphatic carbocycles. The predicted molar refractivity (Wildman–Crippen MR) is 91.9 cm³/mol. The van der Waals surface area contributed by atoms with Crippen molar-refractivity contribution in [3.8, 4) is 11.5 Å². The number of aryl methyl sites for hydroxylation is 1. The summed E-state index contributed by atoms with van der Waals surface area (Å²) in [6, 6.07) is 12.2. The highest BCUT2D eigenvalue weighted by molar-refractivity contribution is 5.82. The van der Waals surface area contributed by atoms with Crippen LogP contribution in [-0.4, -0.2) is 4.98 Å². The molecule has 0 aliphatic rings. The van der Waals surface area contributed by atoms with Crippen LogP contribution in [0.1, 0.15) is 38.8 Å². The third-order valence-electron chi connectivity index (χ3n) is 3.97. The number of anilines is 1. The van der Waals surface area contributed by atoms with E-state index in [9.17, 15) is 0 Å². The highest BCUT2D eigenvalue weighted by atomic mass is 16.3. The van der Waals surface area contributed by atoms with Crippen LogP contribution in [-0.2, 0) is 11.8 Å². The van der Waals surface area contributed by atoms with E-state index < -0.39 is 0 Å². The van der Waals surface area contributed by atoms with Crippen LogP contribution in [0.15, 0.2) is 40.8 Å². The lowest BCUT2D eigenvalue weighted by molar-refractivity contribution is 0.589. The van der Waals surface area contributed by atoms with Gasteiger partial charge in [-0.2, -0.15) is 0 Å². The maximum Gasteiger partial charge on any atom is 0.227 e. The van der Waals surface area contributed by atoms with Crippen LogP contribution in [0.5, 0.6) is 0 Å². The van der Waals surface area contributed by atoms with Gasteiger partial charge in [0.2, 0.25) is 5.89 Å². The monoisotopic (exact) mass is 294 g/mol. The van der Waals surface area contributed by atoms with E-state index in [-0.39, 0.29) is 5.41 Å². The number of fused-ring (bicyclic) bond motifs is 1. The van der Waals surface area contributed by atoms with Crippen molar-refractivity contribution < 1.29 is 4.42 Å². The van der Waals surface area contributed by atoms with Crippen molar-refractivity contribution in [2.75, 3.05) is 5.73 Å². The molecule has 0 spiro atoms. The van der Waals surface area contributed by atoms with Gasteiger partial charge in [-0.05, 0) is 47.2 Å². The third kappa shape index (κ3) is 2.59. The molecular weight excluding hydrogens is 272 g/mol. The summed E-state index contributed by atoms with van der Waals surface area (Å²) < 4.78 is 5.99. The van der Waals surface area contributed by atoms with Crippen LogP contribution in [0.25, 0.3) is 22.6 Å². The van der Waals surface area contributed by atoms with Gasteiger partial charge in [-0.1, -0.05) is 39.8 Å². The average Bonchev–Trinajstić information content (AvgIpc) is 2.89. The standard InChI is InChI=1S/C19H22N2O/c1-5-12-10-15(20)11-16-17(12)22-18(21-16)13-6-8-14(9-7-13)19(2,3)4/h6-11H,5,20H2,1-4H3. The Kier molecular flexibility index (Phi) is 3.44.